The van der Waals surface area contributed by atoms with Crippen molar-refractivity contribution in [2.24, 2.45) is 5.73 Å². The molecule has 2 heteroatoms. The van der Waals surface area contributed by atoms with Crippen LogP contribution in [0.1, 0.15) is 12.5 Å². The summed E-state index contributed by atoms with van der Waals surface area (Å²) in [6, 6.07) is 17.5. The smallest absolute Gasteiger partial charge is 0.00695 e. The van der Waals surface area contributed by atoms with Crippen molar-refractivity contribution in [2.45, 2.75) is 24.3 Å². The molecule has 1 unspecified atom stereocenters. The lowest BCUT2D eigenvalue weighted by atomic mass is 10.0. The van der Waals surface area contributed by atoms with Crippen molar-refractivity contribution in [3.05, 3.63) is 54.1 Å². The van der Waals surface area contributed by atoms with Gasteiger partial charge in [-0.2, -0.15) is 0 Å². The molecule has 0 aliphatic rings. The van der Waals surface area contributed by atoms with Gasteiger partial charge in [-0.15, -0.1) is 11.8 Å². The normalized spacial score (nSPS) is 12.4. The highest BCUT2D eigenvalue weighted by Gasteiger charge is 2.01. The van der Waals surface area contributed by atoms with Gasteiger partial charge < -0.3 is 5.73 Å². The molecule has 2 aromatic rings. The van der Waals surface area contributed by atoms with Crippen LogP contribution in [0.15, 0.2) is 53.4 Å². The molecule has 0 aliphatic heterocycles. The molecule has 0 aromatic heterocycles. The van der Waals surface area contributed by atoms with E-state index in [0.29, 0.717) is 0 Å². The number of rotatable bonds is 4. The van der Waals surface area contributed by atoms with Crippen molar-refractivity contribution < 1.29 is 0 Å². The van der Waals surface area contributed by atoms with Gasteiger partial charge in [-0.05, 0) is 48.4 Å². The van der Waals surface area contributed by atoms with E-state index < -0.39 is 0 Å². The predicted molar refractivity (Wildman–Crippen MR) is 81.0 cm³/mol. The van der Waals surface area contributed by atoms with Crippen LogP contribution >= 0.6 is 11.8 Å². The Bertz CT molecular complexity index is 503. The first-order valence-electron chi connectivity index (χ1n) is 6.18. The van der Waals surface area contributed by atoms with E-state index in [1.165, 1.54) is 21.6 Å². The molecule has 0 spiro atoms. The quantitative estimate of drug-likeness (QED) is 0.839. The summed E-state index contributed by atoms with van der Waals surface area (Å²) in [5, 5.41) is 0. The van der Waals surface area contributed by atoms with Crippen LogP contribution in [0.25, 0.3) is 11.1 Å². The van der Waals surface area contributed by atoms with Gasteiger partial charge in [0.05, 0.1) is 0 Å². The van der Waals surface area contributed by atoms with Crippen molar-refractivity contribution in [1.82, 2.24) is 0 Å². The van der Waals surface area contributed by atoms with Gasteiger partial charge in [0, 0.05) is 10.9 Å². The lowest BCUT2D eigenvalue weighted by Gasteiger charge is -2.08. The van der Waals surface area contributed by atoms with Gasteiger partial charge in [-0.3, -0.25) is 0 Å². The Balaban J connectivity index is 2.26. The van der Waals surface area contributed by atoms with E-state index in [0.717, 1.165) is 6.42 Å². The summed E-state index contributed by atoms with van der Waals surface area (Å²) in [5.74, 6) is 0. The number of hydrogen-bond donors (Lipinski definition) is 1. The van der Waals surface area contributed by atoms with E-state index >= 15 is 0 Å². The summed E-state index contributed by atoms with van der Waals surface area (Å²) < 4.78 is 0. The number of hydrogen-bond acceptors (Lipinski definition) is 2. The third-order valence-corrected chi connectivity index (χ3v) is 3.65. The molecule has 2 N–H and O–H groups in total. The molecule has 0 bridgehead atoms. The van der Waals surface area contributed by atoms with Gasteiger partial charge in [0.15, 0.2) is 0 Å². The van der Waals surface area contributed by atoms with E-state index in [-0.39, 0.29) is 6.04 Å². The minimum absolute atomic E-state index is 0.208. The number of thioether (sulfide) groups is 1. The van der Waals surface area contributed by atoms with Crippen molar-refractivity contribution in [3.8, 4) is 11.1 Å². The second-order valence-electron chi connectivity index (χ2n) is 4.61. The fourth-order valence-electron chi connectivity index (χ4n) is 2.03. The Kier molecular flexibility index (Phi) is 4.45. The fourth-order valence-corrected chi connectivity index (χ4v) is 2.44. The van der Waals surface area contributed by atoms with Crippen LogP contribution < -0.4 is 5.73 Å². The molecule has 1 atom stereocenters. The van der Waals surface area contributed by atoms with E-state index in [9.17, 15) is 0 Å². The van der Waals surface area contributed by atoms with Crippen molar-refractivity contribution in [1.29, 1.82) is 0 Å². The molecular weight excluding hydrogens is 238 g/mol. The van der Waals surface area contributed by atoms with Gasteiger partial charge in [0.25, 0.3) is 0 Å². The Morgan fingerprint density at radius 3 is 2.39 bits per heavy atom. The molecule has 2 aromatic carbocycles. The molecule has 0 heterocycles. The lowest BCUT2D eigenvalue weighted by Crippen LogP contribution is -2.17. The lowest BCUT2D eigenvalue weighted by molar-refractivity contribution is 0.738. The standard InChI is InChI=1S/C16H19NS/c1-12(17)10-13-4-3-5-15(11-13)14-6-8-16(18-2)9-7-14/h3-9,11-12H,10,17H2,1-2H3. The maximum Gasteiger partial charge on any atom is 0.00695 e. The van der Waals surface area contributed by atoms with E-state index in [1.807, 2.05) is 6.92 Å². The van der Waals surface area contributed by atoms with E-state index in [4.69, 9.17) is 5.73 Å². The highest BCUT2D eigenvalue weighted by Crippen LogP contribution is 2.24. The van der Waals surface area contributed by atoms with Crippen molar-refractivity contribution in [2.75, 3.05) is 6.26 Å². The molecule has 94 valence electrons. The largest absolute Gasteiger partial charge is 0.328 e. The summed E-state index contributed by atoms with van der Waals surface area (Å²) in [4.78, 5) is 1.30. The first-order valence-corrected chi connectivity index (χ1v) is 7.40. The molecule has 2 rings (SSSR count). The Morgan fingerprint density at radius 2 is 1.78 bits per heavy atom. The SMILES string of the molecule is CSc1ccc(-c2cccc(CC(C)N)c2)cc1. The maximum absolute atomic E-state index is 5.85. The molecule has 1 nitrogen and oxygen atoms in total. The van der Waals surface area contributed by atoms with Crippen LogP contribution in [0.5, 0.6) is 0 Å². The van der Waals surface area contributed by atoms with Crippen LogP contribution in [-0.2, 0) is 6.42 Å². The number of nitrogens with two attached hydrogens (primary N) is 1. The molecule has 0 radical (unpaired) electrons. The topological polar surface area (TPSA) is 26.0 Å². The zero-order chi connectivity index (χ0) is 13.0. The maximum atomic E-state index is 5.85. The average molecular weight is 257 g/mol. The molecule has 0 aliphatic carbocycles. The summed E-state index contributed by atoms with van der Waals surface area (Å²) in [6.07, 6.45) is 3.02. The molecule has 0 fully saturated rings. The third kappa shape index (κ3) is 3.37. The monoisotopic (exact) mass is 257 g/mol. The molecule has 18 heavy (non-hydrogen) atoms. The van der Waals surface area contributed by atoms with Gasteiger partial charge in [-0.1, -0.05) is 36.4 Å². The zero-order valence-electron chi connectivity index (χ0n) is 10.9. The minimum Gasteiger partial charge on any atom is -0.328 e. The first-order chi connectivity index (χ1) is 8.69. The Hall–Kier alpha value is -1.25. The first kappa shape index (κ1) is 13.2. The summed E-state index contributed by atoms with van der Waals surface area (Å²) in [6.45, 7) is 2.04. The van der Waals surface area contributed by atoms with Crippen LogP contribution in [0, 0.1) is 0 Å². The second-order valence-corrected chi connectivity index (χ2v) is 5.49. The Morgan fingerprint density at radius 1 is 1.06 bits per heavy atom. The van der Waals surface area contributed by atoms with Crippen LogP contribution in [0.3, 0.4) is 0 Å². The molecule has 0 saturated heterocycles. The highest BCUT2D eigenvalue weighted by molar-refractivity contribution is 7.98. The highest BCUT2D eigenvalue weighted by atomic mass is 32.2. The summed E-state index contributed by atoms with van der Waals surface area (Å²) in [5.41, 5.74) is 9.68. The molecule has 0 saturated carbocycles. The van der Waals surface area contributed by atoms with Gasteiger partial charge in [-0.25, -0.2) is 0 Å². The Labute approximate surface area is 113 Å². The fraction of sp³-hybridized carbons (Fsp3) is 0.250. The van der Waals surface area contributed by atoms with Crippen molar-refractivity contribution in [3.63, 3.8) is 0 Å². The van der Waals surface area contributed by atoms with Gasteiger partial charge in [0.1, 0.15) is 0 Å². The van der Waals surface area contributed by atoms with Gasteiger partial charge >= 0.3 is 0 Å². The second kappa shape index (κ2) is 6.07. The predicted octanol–water partition coefficient (Wildman–Crippen LogP) is 3.97. The zero-order valence-corrected chi connectivity index (χ0v) is 11.7. The summed E-state index contributed by atoms with van der Waals surface area (Å²) in [7, 11) is 0. The van der Waals surface area contributed by atoms with E-state index in [1.54, 1.807) is 11.8 Å². The van der Waals surface area contributed by atoms with Crippen LogP contribution in [0.4, 0.5) is 0 Å². The molecular formula is C16H19NS. The van der Waals surface area contributed by atoms with Crippen molar-refractivity contribution >= 4 is 11.8 Å². The van der Waals surface area contributed by atoms with Crippen LogP contribution in [0.2, 0.25) is 0 Å². The van der Waals surface area contributed by atoms with Crippen LogP contribution in [-0.4, -0.2) is 12.3 Å². The third-order valence-electron chi connectivity index (χ3n) is 2.91. The van der Waals surface area contributed by atoms with Gasteiger partial charge in [0.2, 0.25) is 0 Å². The minimum atomic E-state index is 0.208. The average Bonchev–Trinajstić information content (AvgIpc) is 2.38. The molecule has 0 amide bonds. The summed E-state index contributed by atoms with van der Waals surface area (Å²) >= 11 is 1.77. The van der Waals surface area contributed by atoms with E-state index in [2.05, 4.69) is 54.8 Å². The number of benzene rings is 2.